The normalized spacial score (nSPS) is 22.4. The molecule has 0 radical (unpaired) electrons. The minimum atomic E-state index is -1.08. The van der Waals surface area contributed by atoms with Crippen LogP contribution in [0.4, 0.5) is 0 Å². The molecule has 2 atom stereocenters. The number of carboxylic acid groups (broad SMARTS) is 1. The Kier molecular flexibility index (Phi) is 9.71. The molecule has 2 aliphatic rings. The van der Waals surface area contributed by atoms with E-state index in [4.69, 9.17) is 0 Å². The number of rotatable bonds is 9. The molecule has 0 bridgehead atoms. The molecule has 6 nitrogen and oxygen atoms in total. The van der Waals surface area contributed by atoms with E-state index >= 15 is 0 Å². The molecule has 5 rings (SSSR count). The highest BCUT2D eigenvalue weighted by molar-refractivity contribution is 5.96. The lowest BCUT2D eigenvalue weighted by Crippen LogP contribution is -2.42. The summed E-state index contributed by atoms with van der Waals surface area (Å²) in [6, 6.07) is 13.8. The first kappa shape index (κ1) is 32.3. The van der Waals surface area contributed by atoms with Crippen molar-refractivity contribution in [2.24, 2.45) is 17.3 Å². The summed E-state index contributed by atoms with van der Waals surface area (Å²) in [5.74, 6) is 0.800. The zero-order valence-corrected chi connectivity index (χ0v) is 27.3. The third-order valence-corrected chi connectivity index (χ3v) is 10.0. The van der Waals surface area contributed by atoms with E-state index in [1.807, 2.05) is 48.8 Å². The van der Waals surface area contributed by atoms with Crippen molar-refractivity contribution in [2.45, 2.75) is 91.0 Å². The molecule has 0 spiro atoms. The summed E-state index contributed by atoms with van der Waals surface area (Å²) >= 11 is 0. The fraction of sp³-hybridized carbons (Fsp3) is 0.436. The molecule has 3 aromatic rings. The lowest BCUT2D eigenvalue weighted by atomic mass is 9.64. The van der Waals surface area contributed by atoms with Gasteiger partial charge in [0.2, 0.25) is 0 Å². The lowest BCUT2D eigenvalue weighted by molar-refractivity contribution is -0.139. The Labute approximate surface area is 268 Å². The summed E-state index contributed by atoms with van der Waals surface area (Å²) < 4.78 is 0. The quantitative estimate of drug-likeness (QED) is 0.255. The Morgan fingerprint density at radius 1 is 0.956 bits per heavy atom. The van der Waals surface area contributed by atoms with Crippen LogP contribution in [0, 0.1) is 17.3 Å². The minimum Gasteiger partial charge on any atom is -0.480 e. The fourth-order valence-corrected chi connectivity index (χ4v) is 6.71. The van der Waals surface area contributed by atoms with Crippen LogP contribution >= 0.6 is 0 Å². The first-order valence-corrected chi connectivity index (χ1v) is 16.4. The molecule has 2 aliphatic carbocycles. The number of carboxylic acids is 1. The molecule has 2 N–H and O–H groups in total. The number of hydrogen-bond donors (Lipinski definition) is 2. The van der Waals surface area contributed by atoms with E-state index in [0.29, 0.717) is 11.4 Å². The molecule has 1 fully saturated rings. The largest absolute Gasteiger partial charge is 0.480 e. The predicted octanol–water partition coefficient (Wildman–Crippen LogP) is 8.43. The molecule has 0 aliphatic heterocycles. The van der Waals surface area contributed by atoms with Crippen LogP contribution in [0.1, 0.15) is 100 Å². The summed E-state index contributed by atoms with van der Waals surface area (Å²) in [4.78, 5) is 34.1. The molecular weight excluding hydrogens is 558 g/mol. The molecule has 0 saturated heterocycles. The number of amides is 1. The van der Waals surface area contributed by atoms with E-state index in [2.05, 4.69) is 68.1 Å². The highest BCUT2D eigenvalue weighted by Gasteiger charge is 2.35. The molecule has 1 aromatic heterocycles. The Balaban J connectivity index is 1.18. The van der Waals surface area contributed by atoms with Crippen LogP contribution in [-0.2, 0) is 16.6 Å². The second kappa shape index (κ2) is 13.5. The van der Waals surface area contributed by atoms with Gasteiger partial charge in [0, 0.05) is 35.5 Å². The van der Waals surface area contributed by atoms with Crippen LogP contribution in [0.5, 0.6) is 0 Å². The van der Waals surface area contributed by atoms with Gasteiger partial charge in [0.15, 0.2) is 5.82 Å². The van der Waals surface area contributed by atoms with Crippen molar-refractivity contribution in [3.63, 3.8) is 0 Å². The molecule has 1 amide bonds. The maximum absolute atomic E-state index is 12.8. The van der Waals surface area contributed by atoms with E-state index < -0.39 is 17.9 Å². The van der Waals surface area contributed by atoms with E-state index in [1.165, 1.54) is 37.7 Å². The third kappa shape index (κ3) is 7.78. The van der Waals surface area contributed by atoms with Gasteiger partial charge in [-0.2, -0.15) is 0 Å². The van der Waals surface area contributed by atoms with Gasteiger partial charge in [-0.1, -0.05) is 109 Å². The number of allylic oxidation sites excluding steroid dienone is 4. The van der Waals surface area contributed by atoms with Gasteiger partial charge < -0.3 is 10.4 Å². The molecule has 2 aromatic carbocycles. The van der Waals surface area contributed by atoms with Gasteiger partial charge in [-0.3, -0.25) is 4.79 Å². The van der Waals surface area contributed by atoms with Gasteiger partial charge in [-0.25, -0.2) is 14.8 Å². The third-order valence-electron chi connectivity index (χ3n) is 10.0. The molecule has 236 valence electrons. The number of carbonyl (C=O) groups is 2. The molecule has 1 saturated carbocycles. The van der Waals surface area contributed by atoms with Gasteiger partial charge in [-0.15, -0.1) is 0 Å². The van der Waals surface area contributed by atoms with Crippen molar-refractivity contribution in [3.8, 4) is 11.4 Å². The highest BCUT2D eigenvalue weighted by atomic mass is 16.4. The van der Waals surface area contributed by atoms with Crippen molar-refractivity contribution >= 4 is 17.4 Å². The highest BCUT2D eigenvalue weighted by Crippen LogP contribution is 2.46. The van der Waals surface area contributed by atoms with Gasteiger partial charge in [0.1, 0.15) is 6.04 Å². The van der Waals surface area contributed by atoms with E-state index in [9.17, 15) is 14.7 Å². The number of nitrogens with one attached hydrogen (secondary N) is 1. The van der Waals surface area contributed by atoms with Crippen molar-refractivity contribution in [1.82, 2.24) is 15.3 Å². The van der Waals surface area contributed by atoms with Gasteiger partial charge >= 0.3 is 5.97 Å². The van der Waals surface area contributed by atoms with Crippen molar-refractivity contribution in [1.29, 1.82) is 0 Å². The lowest BCUT2D eigenvalue weighted by Gasteiger charge is -2.41. The molecule has 6 heteroatoms. The van der Waals surface area contributed by atoms with Crippen LogP contribution in [0.3, 0.4) is 0 Å². The average molecular weight is 606 g/mol. The Hall–Kier alpha value is -4.06. The molecule has 1 unspecified atom stereocenters. The Morgan fingerprint density at radius 2 is 1.60 bits per heavy atom. The van der Waals surface area contributed by atoms with Crippen LogP contribution in [-0.4, -0.2) is 33.0 Å². The van der Waals surface area contributed by atoms with Crippen LogP contribution in [0.25, 0.3) is 17.0 Å². The summed E-state index contributed by atoms with van der Waals surface area (Å²) in [6.45, 7) is 11.0. The number of benzene rings is 2. The van der Waals surface area contributed by atoms with Crippen molar-refractivity contribution < 1.29 is 14.7 Å². The topological polar surface area (TPSA) is 92.2 Å². The number of carbonyl (C=O) groups excluding carboxylic acids is 1. The standard InChI is InChI=1S/C39H47N3O3/c1-6-26-9-15-33(16-10-26)39(5)21-19-28(20-22-39)31-24-40-35(41-25-31)29-11-7-27(8-12-29)23-34(37(44)45)42-36(43)30-13-17-32(18-14-30)38(2,3)4/h7-8,11-14,17-21,24-26,33-34H,6,9-10,15-16,22-23H2,1-5H3,(H,42,43)(H,44,45)/t26-,33-,34-,39?/m0/s1. The average Bonchev–Trinajstić information content (AvgIpc) is 3.05. The second-order valence-corrected chi connectivity index (χ2v) is 14.2. The Morgan fingerprint density at radius 3 is 2.13 bits per heavy atom. The van der Waals surface area contributed by atoms with E-state index in [0.717, 1.165) is 40.5 Å². The first-order valence-electron chi connectivity index (χ1n) is 16.4. The summed E-state index contributed by atoms with van der Waals surface area (Å²) in [7, 11) is 0. The molecule has 45 heavy (non-hydrogen) atoms. The van der Waals surface area contributed by atoms with Crippen molar-refractivity contribution in [3.05, 3.63) is 101 Å². The van der Waals surface area contributed by atoms with E-state index in [1.54, 1.807) is 12.1 Å². The maximum atomic E-state index is 12.8. The van der Waals surface area contributed by atoms with Crippen LogP contribution in [0.15, 0.2) is 79.2 Å². The fourth-order valence-electron chi connectivity index (χ4n) is 6.71. The number of hydrogen-bond acceptors (Lipinski definition) is 4. The van der Waals surface area contributed by atoms with Gasteiger partial charge in [0.05, 0.1) is 0 Å². The van der Waals surface area contributed by atoms with Crippen LogP contribution in [0.2, 0.25) is 0 Å². The smallest absolute Gasteiger partial charge is 0.326 e. The predicted molar refractivity (Wildman–Crippen MR) is 181 cm³/mol. The maximum Gasteiger partial charge on any atom is 0.326 e. The summed E-state index contributed by atoms with van der Waals surface area (Å²) in [5.41, 5.74) is 5.58. The number of aromatic nitrogens is 2. The molecular formula is C39H47N3O3. The summed E-state index contributed by atoms with van der Waals surface area (Å²) in [6.07, 6.45) is 18.7. The summed E-state index contributed by atoms with van der Waals surface area (Å²) in [5, 5.41) is 12.5. The zero-order valence-electron chi connectivity index (χ0n) is 27.3. The first-order chi connectivity index (χ1) is 21.4. The minimum absolute atomic E-state index is 0.0301. The monoisotopic (exact) mass is 605 g/mol. The second-order valence-electron chi connectivity index (χ2n) is 14.2. The molecule has 1 heterocycles. The van der Waals surface area contributed by atoms with E-state index in [-0.39, 0.29) is 17.3 Å². The van der Waals surface area contributed by atoms with Crippen LogP contribution < -0.4 is 5.32 Å². The zero-order chi connectivity index (χ0) is 32.2. The SMILES string of the molecule is CC[C@H]1CC[C@H](C2(C)C=CC(c3cnc(-c4ccc(C[C@H](NC(=O)c5ccc(C(C)(C)C)cc5)C(=O)O)cc4)nc3)=CC2)CC1. The number of nitrogens with zero attached hydrogens (tertiary/aromatic N) is 2. The van der Waals surface area contributed by atoms with Crippen molar-refractivity contribution in [2.75, 3.05) is 0 Å². The Bertz CT molecular complexity index is 1540. The number of aliphatic carboxylic acids is 1. The van der Waals surface area contributed by atoms with Gasteiger partial charge in [-0.05, 0) is 70.8 Å². The van der Waals surface area contributed by atoms with Gasteiger partial charge in [0.25, 0.3) is 5.91 Å².